The molecule has 22 heavy (non-hydrogen) atoms. The lowest BCUT2D eigenvalue weighted by Gasteiger charge is -2.40. The molecule has 0 saturated heterocycles. The van der Waals surface area contributed by atoms with E-state index in [-0.39, 0.29) is 5.91 Å². The summed E-state index contributed by atoms with van der Waals surface area (Å²) < 4.78 is 0. The number of hydrogen-bond acceptors (Lipinski definition) is 3. The fourth-order valence-electron chi connectivity index (χ4n) is 3.43. The van der Waals surface area contributed by atoms with Crippen molar-refractivity contribution in [3.8, 4) is 6.07 Å². The molecule has 0 N–H and O–H groups in total. The van der Waals surface area contributed by atoms with Gasteiger partial charge in [0.1, 0.15) is 5.54 Å². The molecule has 0 heterocycles. The second kappa shape index (κ2) is 8.53. The van der Waals surface area contributed by atoms with E-state index in [0.29, 0.717) is 18.4 Å². The molecule has 0 unspecified atom stereocenters. The van der Waals surface area contributed by atoms with Crippen LogP contribution in [0.5, 0.6) is 0 Å². The fraction of sp³-hybridized carbons (Fsp3) is 0.889. The smallest absolute Gasteiger partial charge is 0.237 e. The standard InChI is InChI=1S/C18H33N3O/c1-15(2)11-21(12-16(3)4)13-17(22)20(5)18(14-19)9-7-6-8-10-18/h15-16H,6-13H2,1-5H3. The number of rotatable bonds is 7. The molecule has 0 spiro atoms. The lowest BCUT2D eigenvalue weighted by atomic mass is 9.81. The van der Waals surface area contributed by atoms with Crippen molar-refractivity contribution < 1.29 is 4.79 Å². The van der Waals surface area contributed by atoms with Crippen LogP contribution in [-0.4, -0.2) is 47.9 Å². The Balaban J connectivity index is 2.72. The molecular formula is C18H33N3O. The molecule has 0 aromatic rings. The Hall–Kier alpha value is -1.08. The van der Waals surface area contributed by atoms with Gasteiger partial charge in [-0.1, -0.05) is 47.0 Å². The fourth-order valence-corrected chi connectivity index (χ4v) is 3.43. The Labute approximate surface area is 136 Å². The molecule has 0 bridgehead atoms. The van der Waals surface area contributed by atoms with Gasteiger partial charge in [0.15, 0.2) is 0 Å². The van der Waals surface area contributed by atoms with E-state index in [1.165, 1.54) is 6.42 Å². The van der Waals surface area contributed by atoms with Crippen molar-refractivity contribution in [2.24, 2.45) is 11.8 Å². The summed E-state index contributed by atoms with van der Waals surface area (Å²) in [6.07, 6.45) is 4.91. The first-order chi connectivity index (χ1) is 10.3. The molecule has 4 nitrogen and oxygen atoms in total. The van der Waals surface area contributed by atoms with Gasteiger partial charge in [0, 0.05) is 20.1 Å². The van der Waals surface area contributed by atoms with Crippen molar-refractivity contribution >= 4 is 5.91 Å². The van der Waals surface area contributed by atoms with Crippen LogP contribution in [0.4, 0.5) is 0 Å². The highest BCUT2D eigenvalue weighted by molar-refractivity contribution is 5.79. The molecule has 0 atom stereocenters. The van der Waals surface area contributed by atoms with Gasteiger partial charge in [-0.2, -0.15) is 5.26 Å². The number of likely N-dealkylation sites (N-methyl/N-ethyl adjacent to an activating group) is 1. The van der Waals surface area contributed by atoms with E-state index in [1.54, 1.807) is 4.90 Å². The summed E-state index contributed by atoms with van der Waals surface area (Å²) in [5, 5.41) is 9.63. The van der Waals surface area contributed by atoms with Crippen molar-refractivity contribution in [2.75, 3.05) is 26.7 Å². The highest BCUT2D eigenvalue weighted by Gasteiger charge is 2.39. The summed E-state index contributed by atoms with van der Waals surface area (Å²) in [6.45, 7) is 11.0. The first-order valence-corrected chi connectivity index (χ1v) is 8.71. The van der Waals surface area contributed by atoms with Crippen molar-refractivity contribution in [3.63, 3.8) is 0 Å². The predicted octanol–water partition coefficient (Wildman–Crippen LogP) is 3.29. The largest absolute Gasteiger partial charge is 0.326 e. The minimum absolute atomic E-state index is 0.0877. The van der Waals surface area contributed by atoms with Gasteiger partial charge in [0.05, 0.1) is 12.6 Å². The quantitative estimate of drug-likeness (QED) is 0.725. The number of amides is 1. The van der Waals surface area contributed by atoms with Crippen molar-refractivity contribution in [1.82, 2.24) is 9.80 Å². The predicted molar refractivity (Wildman–Crippen MR) is 90.3 cm³/mol. The van der Waals surface area contributed by atoms with Crippen LogP contribution in [0.25, 0.3) is 0 Å². The Bertz CT molecular complexity index is 382. The minimum Gasteiger partial charge on any atom is -0.326 e. The molecule has 1 amide bonds. The highest BCUT2D eigenvalue weighted by Crippen LogP contribution is 2.32. The normalized spacial score (nSPS) is 17.8. The second-order valence-corrected chi connectivity index (χ2v) is 7.64. The van der Waals surface area contributed by atoms with Gasteiger partial charge in [0.25, 0.3) is 0 Å². The SMILES string of the molecule is CC(C)CN(CC(=O)N(C)C1(C#N)CCCCC1)CC(C)C. The summed E-state index contributed by atoms with van der Waals surface area (Å²) in [5.74, 6) is 1.16. The maximum Gasteiger partial charge on any atom is 0.237 e. The van der Waals surface area contributed by atoms with Crippen molar-refractivity contribution in [2.45, 2.75) is 65.3 Å². The minimum atomic E-state index is -0.573. The number of carbonyl (C=O) groups excluding carboxylic acids is 1. The van der Waals surface area contributed by atoms with Crippen LogP contribution in [0.1, 0.15) is 59.8 Å². The third-order valence-corrected chi connectivity index (χ3v) is 4.51. The molecule has 0 aromatic heterocycles. The molecule has 1 aliphatic rings. The second-order valence-electron chi connectivity index (χ2n) is 7.64. The molecule has 1 fully saturated rings. The van der Waals surface area contributed by atoms with Gasteiger partial charge >= 0.3 is 0 Å². The maximum atomic E-state index is 12.7. The molecule has 0 aromatic carbocycles. The number of nitrogens with zero attached hydrogens (tertiary/aromatic N) is 3. The number of nitriles is 1. The molecule has 4 heteroatoms. The van der Waals surface area contributed by atoms with Crippen LogP contribution in [0.15, 0.2) is 0 Å². The highest BCUT2D eigenvalue weighted by atomic mass is 16.2. The Morgan fingerprint density at radius 1 is 1.09 bits per heavy atom. The molecule has 0 radical (unpaired) electrons. The van der Waals surface area contributed by atoms with Crippen LogP contribution in [0.3, 0.4) is 0 Å². The summed E-state index contributed by atoms with van der Waals surface area (Å²) >= 11 is 0. The molecule has 1 rings (SSSR count). The van der Waals surface area contributed by atoms with Gasteiger partial charge in [0.2, 0.25) is 5.91 Å². The Kier molecular flexibility index (Phi) is 7.35. The van der Waals surface area contributed by atoms with Gasteiger partial charge in [-0.3, -0.25) is 9.69 Å². The van der Waals surface area contributed by atoms with E-state index in [2.05, 4.69) is 38.7 Å². The van der Waals surface area contributed by atoms with Crippen molar-refractivity contribution in [1.29, 1.82) is 5.26 Å². The monoisotopic (exact) mass is 307 g/mol. The van der Waals surface area contributed by atoms with Crippen LogP contribution in [0.2, 0.25) is 0 Å². The Morgan fingerprint density at radius 3 is 2.00 bits per heavy atom. The first-order valence-electron chi connectivity index (χ1n) is 8.71. The van der Waals surface area contributed by atoms with Crippen molar-refractivity contribution in [3.05, 3.63) is 0 Å². The van der Waals surface area contributed by atoms with Gasteiger partial charge in [-0.05, 0) is 24.7 Å². The zero-order chi connectivity index (χ0) is 16.8. The zero-order valence-electron chi connectivity index (χ0n) is 15.1. The lowest BCUT2D eigenvalue weighted by molar-refractivity contribution is -0.136. The third-order valence-electron chi connectivity index (χ3n) is 4.51. The third kappa shape index (κ3) is 5.28. The molecule has 1 saturated carbocycles. The maximum absolute atomic E-state index is 12.7. The van der Waals surface area contributed by atoms with Gasteiger partial charge in [-0.15, -0.1) is 0 Å². The zero-order valence-corrected chi connectivity index (χ0v) is 15.1. The molecule has 0 aliphatic heterocycles. The van der Waals surface area contributed by atoms with Crippen LogP contribution in [0, 0.1) is 23.2 Å². The van der Waals surface area contributed by atoms with E-state index in [0.717, 1.165) is 38.8 Å². The summed E-state index contributed by atoms with van der Waals surface area (Å²) in [7, 11) is 1.82. The van der Waals surface area contributed by atoms with E-state index >= 15 is 0 Å². The summed E-state index contributed by atoms with van der Waals surface area (Å²) in [6, 6.07) is 2.44. The summed E-state index contributed by atoms with van der Waals surface area (Å²) in [5.41, 5.74) is -0.573. The van der Waals surface area contributed by atoms with E-state index in [9.17, 15) is 10.1 Å². The van der Waals surface area contributed by atoms with Crippen LogP contribution < -0.4 is 0 Å². The van der Waals surface area contributed by atoms with Crippen LogP contribution in [-0.2, 0) is 4.79 Å². The Morgan fingerprint density at radius 2 is 1.59 bits per heavy atom. The van der Waals surface area contributed by atoms with E-state index in [4.69, 9.17) is 0 Å². The number of carbonyl (C=O) groups is 1. The average Bonchev–Trinajstić information content (AvgIpc) is 2.45. The summed E-state index contributed by atoms with van der Waals surface area (Å²) in [4.78, 5) is 16.7. The first kappa shape index (κ1) is 19.0. The van der Waals surface area contributed by atoms with E-state index in [1.807, 2.05) is 7.05 Å². The van der Waals surface area contributed by atoms with E-state index < -0.39 is 5.54 Å². The topological polar surface area (TPSA) is 47.3 Å². The molecule has 126 valence electrons. The van der Waals surface area contributed by atoms with Gasteiger partial charge < -0.3 is 4.90 Å². The number of hydrogen-bond donors (Lipinski definition) is 0. The lowest BCUT2D eigenvalue weighted by Crippen LogP contribution is -2.53. The molecule has 1 aliphatic carbocycles. The van der Waals surface area contributed by atoms with Crippen LogP contribution >= 0.6 is 0 Å². The average molecular weight is 307 g/mol. The molecular weight excluding hydrogens is 274 g/mol. The van der Waals surface area contributed by atoms with Gasteiger partial charge in [-0.25, -0.2) is 0 Å².